The average molecular weight is 344 g/mol. The number of likely N-dealkylation sites (tertiary alicyclic amines) is 2. The van der Waals surface area contributed by atoms with Crippen molar-refractivity contribution in [2.24, 2.45) is 5.41 Å². The molecule has 0 unspecified atom stereocenters. The van der Waals surface area contributed by atoms with Crippen molar-refractivity contribution in [3.05, 3.63) is 35.4 Å². The van der Waals surface area contributed by atoms with E-state index in [1.165, 1.54) is 11.1 Å². The predicted molar refractivity (Wildman–Crippen MR) is 96.0 cm³/mol. The molecule has 136 valence electrons. The summed E-state index contributed by atoms with van der Waals surface area (Å²) in [5.41, 5.74) is 2.02. The average Bonchev–Trinajstić information content (AvgIpc) is 3.02. The first-order chi connectivity index (χ1) is 12.0. The van der Waals surface area contributed by atoms with E-state index in [-0.39, 0.29) is 17.2 Å². The molecule has 2 saturated heterocycles. The molecular formula is C20H28N2O3. The summed E-state index contributed by atoms with van der Waals surface area (Å²) in [7, 11) is 1.60. The Bertz CT molecular complexity index is 646. The second kappa shape index (κ2) is 7.56. The van der Waals surface area contributed by atoms with Crippen molar-refractivity contribution < 1.29 is 14.3 Å². The maximum absolute atomic E-state index is 13.2. The largest absolute Gasteiger partial charge is 0.384 e. The molecule has 0 N–H and O–H groups in total. The molecule has 0 aromatic heterocycles. The van der Waals surface area contributed by atoms with Crippen LogP contribution in [0.1, 0.15) is 36.8 Å². The third-order valence-electron chi connectivity index (χ3n) is 5.51. The van der Waals surface area contributed by atoms with Crippen LogP contribution in [-0.2, 0) is 20.9 Å². The van der Waals surface area contributed by atoms with Gasteiger partial charge in [0.2, 0.25) is 11.8 Å². The topological polar surface area (TPSA) is 49.9 Å². The summed E-state index contributed by atoms with van der Waals surface area (Å²) in [5.74, 6) is 0.324. The highest BCUT2D eigenvalue weighted by molar-refractivity contribution is 5.86. The number of hydrogen-bond acceptors (Lipinski definition) is 3. The van der Waals surface area contributed by atoms with E-state index in [1.807, 2.05) is 15.9 Å². The Balaban J connectivity index is 1.67. The molecule has 1 atom stereocenters. The molecule has 5 nitrogen and oxygen atoms in total. The number of hydrogen-bond donors (Lipinski definition) is 0. The fourth-order valence-corrected chi connectivity index (χ4v) is 4.15. The number of ether oxygens (including phenoxy) is 1. The lowest BCUT2D eigenvalue weighted by Crippen LogP contribution is -2.50. The Kier molecular flexibility index (Phi) is 5.42. The minimum atomic E-state index is -0.370. The minimum absolute atomic E-state index is 0.0994. The van der Waals surface area contributed by atoms with Crippen LogP contribution in [-0.4, -0.2) is 55.0 Å². The van der Waals surface area contributed by atoms with E-state index in [4.69, 9.17) is 4.74 Å². The lowest BCUT2D eigenvalue weighted by Gasteiger charge is -2.39. The van der Waals surface area contributed by atoms with Gasteiger partial charge in [0.1, 0.15) is 0 Å². The highest BCUT2D eigenvalue weighted by Gasteiger charge is 2.49. The monoisotopic (exact) mass is 344 g/mol. The molecule has 3 rings (SSSR count). The van der Waals surface area contributed by atoms with Crippen molar-refractivity contribution in [2.45, 2.75) is 39.2 Å². The maximum Gasteiger partial charge on any atom is 0.230 e. The number of piperidine rings is 1. The van der Waals surface area contributed by atoms with Crippen LogP contribution in [0.2, 0.25) is 0 Å². The molecule has 2 fully saturated rings. The molecule has 2 heterocycles. The summed E-state index contributed by atoms with van der Waals surface area (Å²) in [6.45, 7) is 5.25. The van der Waals surface area contributed by atoms with Gasteiger partial charge in [-0.05, 0) is 31.7 Å². The molecule has 1 spiro atoms. The van der Waals surface area contributed by atoms with Gasteiger partial charge in [0, 0.05) is 33.3 Å². The zero-order valence-corrected chi connectivity index (χ0v) is 15.3. The Morgan fingerprint density at radius 1 is 1.28 bits per heavy atom. The highest BCUT2D eigenvalue weighted by Crippen LogP contribution is 2.40. The van der Waals surface area contributed by atoms with Crippen LogP contribution in [0.3, 0.4) is 0 Å². The molecule has 5 heteroatoms. The minimum Gasteiger partial charge on any atom is -0.384 e. The maximum atomic E-state index is 13.2. The predicted octanol–water partition coefficient (Wildman–Crippen LogP) is 2.37. The Morgan fingerprint density at radius 2 is 2.12 bits per heavy atom. The molecule has 2 amide bonds. The number of carbonyl (C=O) groups is 2. The summed E-state index contributed by atoms with van der Waals surface area (Å²) in [6.07, 6.45) is 3.09. The first-order valence-electron chi connectivity index (χ1n) is 9.16. The van der Waals surface area contributed by atoms with Gasteiger partial charge < -0.3 is 14.5 Å². The molecule has 0 aliphatic carbocycles. The van der Waals surface area contributed by atoms with Gasteiger partial charge in [-0.1, -0.05) is 29.8 Å². The standard InChI is InChI=1S/C20H28N2O3/c1-16-5-3-6-17(13-16)14-21-10-4-8-20(19(21)24)9-11-22(15-20)18(23)7-12-25-2/h3,5-6,13H,4,7-12,14-15H2,1-2H3/t20-/m1/s1. The summed E-state index contributed by atoms with van der Waals surface area (Å²) in [4.78, 5) is 29.3. The highest BCUT2D eigenvalue weighted by atomic mass is 16.5. The van der Waals surface area contributed by atoms with E-state index >= 15 is 0 Å². The van der Waals surface area contributed by atoms with Crippen LogP contribution >= 0.6 is 0 Å². The lowest BCUT2D eigenvalue weighted by atomic mass is 9.78. The molecule has 2 aliphatic heterocycles. The fraction of sp³-hybridized carbons (Fsp3) is 0.600. The fourth-order valence-electron chi connectivity index (χ4n) is 4.15. The van der Waals surface area contributed by atoms with Gasteiger partial charge in [0.15, 0.2) is 0 Å². The number of methoxy groups -OCH3 is 1. The van der Waals surface area contributed by atoms with E-state index in [2.05, 4.69) is 25.1 Å². The van der Waals surface area contributed by atoms with Crippen molar-refractivity contribution in [3.8, 4) is 0 Å². The van der Waals surface area contributed by atoms with Gasteiger partial charge in [0.25, 0.3) is 0 Å². The van der Waals surface area contributed by atoms with Gasteiger partial charge in [0.05, 0.1) is 18.4 Å². The third-order valence-corrected chi connectivity index (χ3v) is 5.51. The second-order valence-corrected chi connectivity index (χ2v) is 7.41. The summed E-state index contributed by atoms with van der Waals surface area (Å²) in [6, 6.07) is 8.34. The zero-order valence-electron chi connectivity index (χ0n) is 15.3. The van der Waals surface area contributed by atoms with Gasteiger partial charge in [-0.25, -0.2) is 0 Å². The van der Waals surface area contributed by atoms with Crippen molar-refractivity contribution >= 4 is 11.8 Å². The SMILES string of the molecule is COCCC(=O)N1CC[C@]2(CCCN(Cc3cccc(C)c3)C2=O)C1. The van der Waals surface area contributed by atoms with Crippen molar-refractivity contribution in [1.29, 1.82) is 0 Å². The molecule has 1 aromatic carbocycles. The number of carbonyl (C=O) groups excluding carboxylic acids is 2. The van der Waals surface area contributed by atoms with Crippen molar-refractivity contribution in [3.63, 3.8) is 0 Å². The Morgan fingerprint density at radius 3 is 2.88 bits per heavy atom. The quantitative estimate of drug-likeness (QED) is 0.824. The lowest BCUT2D eigenvalue weighted by molar-refractivity contribution is -0.146. The molecule has 0 saturated carbocycles. The van der Waals surface area contributed by atoms with Gasteiger partial charge in [-0.2, -0.15) is 0 Å². The molecule has 0 radical (unpaired) electrons. The molecule has 2 aliphatic rings. The third kappa shape index (κ3) is 3.87. The van der Waals surface area contributed by atoms with Crippen LogP contribution in [0.4, 0.5) is 0 Å². The normalized spacial score (nSPS) is 23.5. The van der Waals surface area contributed by atoms with Crippen LogP contribution < -0.4 is 0 Å². The van der Waals surface area contributed by atoms with Crippen molar-refractivity contribution in [2.75, 3.05) is 33.4 Å². The van der Waals surface area contributed by atoms with E-state index in [0.717, 1.165) is 25.8 Å². The number of nitrogens with zero attached hydrogens (tertiary/aromatic N) is 2. The number of rotatable bonds is 5. The number of benzene rings is 1. The van der Waals surface area contributed by atoms with Crippen LogP contribution in [0.15, 0.2) is 24.3 Å². The Labute approximate surface area is 149 Å². The van der Waals surface area contributed by atoms with Crippen LogP contribution in [0.5, 0.6) is 0 Å². The van der Waals surface area contributed by atoms with Crippen LogP contribution in [0, 0.1) is 12.3 Å². The molecule has 1 aromatic rings. The van der Waals surface area contributed by atoms with Crippen LogP contribution in [0.25, 0.3) is 0 Å². The van der Waals surface area contributed by atoms with E-state index in [1.54, 1.807) is 7.11 Å². The first-order valence-corrected chi connectivity index (χ1v) is 9.16. The molecule has 25 heavy (non-hydrogen) atoms. The van der Waals surface area contributed by atoms with Gasteiger partial charge in [-0.15, -0.1) is 0 Å². The van der Waals surface area contributed by atoms with E-state index in [0.29, 0.717) is 32.7 Å². The molecular weight excluding hydrogens is 316 g/mol. The number of aryl methyl sites for hydroxylation is 1. The smallest absolute Gasteiger partial charge is 0.230 e. The van der Waals surface area contributed by atoms with Gasteiger partial charge in [-0.3, -0.25) is 9.59 Å². The summed E-state index contributed by atoms with van der Waals surface area (Å²) < 4.78 is 5.00. The second-order valence-electron chi connectivity index (χ2n) is 7.41. The summed E-state index contributed by atoms with van der Waals surface area (Å²) >= 11 is 0. The van der Waals surface area contributed by atoms with Gasteiger partial charge >= 0.3 is 0 Å². The van der Waals surface area contributed by atoms with Crippen molar-refractivity contribution in [1.82, 2.24) is 9.80 Å². The number of amides is 2. The van der Waals surface area contributed by atoms with E-state index < -0.39 is 0 Å². The molecule has 0 bridgehead atoms. The first kappa shape index (κ1) is 17.9. The Hall–Kier alpha value is -1.88. The van der Waals surface area contributed by atoms with E-state index in [9.17, 15) is 9.59 Å². The zero-order chi connectivity index (χ0) is 17.9. The summed E-state index contributed by atoms with van der Waals surface area (Å²) in [5, 5.41) is 0.